The number of benzene rings is 2. The lowest BCUT2D eigenvalue weighted by Crippen LogP contribution is -2.11. The molecule has 3 N–H and O–H groups in total. The second kappa shape index (κ2) is 6.61. The Hall–Kier alpha value is -1.68. The Morgan fingerprint density at radius 2 is 1.82 bits per heavy atom. The molecule has 0 aromatic heterocycles. The van der Waals surface area contributed by atoms with Gasteiger partial charge in [-0.15, -0.1) is 0 Å². The minimum Gasteiger partial charge on any atom is -0.368 e. The Balaban J connectivity index is 2.33. The topological polar surface area (TPSA) is 69.6 Å². The fraction of sp³-hybridized carbons (Fsp3) is 0.250. The summed E-state index contributed by atoms with van der Waals surface area (Å²) in [7, 11) is -4.45. The van der Waals surface area contributed by atoms with Gasteiger partial charge in [0.1, 0.15) is 5.82 Å². The standard InChI is InChI=1S/C16H19FNO3P/c1-3-12-5-7-13(8-6-12)16(22(19,20)21)18-14-9-4-11(2)15(17)10-14/h4-10,16,18H,3H2,1-2H3,(H2,19,20,21)/t16-/m1/s1. The van der Waals surface area contributed by atoms with Gasteiger partial charge >= 0.3 is 7.60 Å². The lowest BCUT2D eigenvalue weighted by molar-refractivity contribution is 0.363. The summed E-state index contributed by atoms with van der Waals surface area (Å²) >= 11 is 0. The third kappa shape index (κ3) is 3.95. The minimum absolute atomic E-state index is 0.330. The third-order valence-corrected chi connectivity index (χ3v) is 4.62. The number of hydrogen-bond donors (Lipinski definition) is 3. The molecule has 0 fully saturated rings. The van der Waals surface area contributed by atoms with Crippen molar-refractivity contribution in [1.82, 2.24) is 0 Å². The summed E-state index contributed by atoms with van der Waals surface area (Å²) in [6, 6.07) is 11.4. The van der Waals surface area contributed by atoms with Gasteiger partial charge in [-0.05, 0) is 42.2 Å². The highest BCUT2D eigenvalue weighted by molar-refractivity contribution is 7.52. The highest BCUT2D eigenvalue weighted by Gasteiger charge is 2.30. The van der Waals surface area contributed by atoms with E-state index in [1.54, 1.807) is 31.2 Å². The molecule has 2 rings (SSSR count). The summed E-state index contributed by atoms with van der Waals surface area (Å²) < 4.78 is 25.4. The van der Waals surface area contributed by atoms with E-state index in [0.717, 1.165) is 12.0 Å². The fourth-order valence-electron chi connectivity index (χ4n) is 2.14. The molecule has 22 heavy (non-hydrogen) atoms. The van der Waals surface area contributed by atoms with Crippen molar-refractivity contribution in [1.29, 1.82) is 0 Å². The average molecular weight is 323 g/mol. The Labute approximate surface area is 129 Å². The Kier molecular flexibility index (Phi) is 5.01. The van der Waals surface area contributed by atoms with Crippen molar-refractivity contribution in [3.63, 3.8) is 0 Å². The molecule has 0 amide bonds. The average Bonchev–Trinajstić information content (AvgIpc) is 2.47. The fourth-order valence-corrected chi connectivity index (χ4v) is 3.02. The first kappa shape index (κ1) is 16.7. The van der Waals surface area contributed by atoms with Gasteiger partial charge in [0.25, 0.3) is 0 Å². The highest BCUT2D eigenvalue weighted by atomic mass is 31.2. The van der Waals surface area contributed by atoms with Gasteiger partial charge in [-0.25, -0.2) is 4.39 Å². The Morgan fingerprint density at radius 3 is 2.32 bits per heavy atom. The van der Waals surface area contributed by atoms with Crippen LogP contribution in [0.15, 0.2) is 42.5 Å². The van der Waals surface area contributed by atoms with E-state index in [2.05, 4.69) is 5.32 Å². The molecule has 2 aromatic carbocycles. The lowest BCUT2D eigenvalue weighted by atomic mass is 10.1. The van der Waals surface area contributed by atoms with Crippen LogP contribution in [-0.4, -0.2) is 9.79 Å². The van der Waals surface area contributed by atoms with Crippen molar-refractivity contribution < 1.29 is 18.7 Å². The van der Waals surface area contributed by atoms with Crippen LogP contribution in [-0.2, 0) is 11.0 Å². The van der Waals surface area contributed by atoms with Crippen LogP contribution in [0.1, 0.15) is 29.4 Å². The maximum Gasteiger partial charge on any atom is 0.352 e. The quantitative estimate of drug-likeness (QED) is 0.728. The van der Waals surface area contributed by atoms with E-state index in [1.165, 1.54) is 6.07 Å². The molecule has 0 aliphatic carbocycles. The number of anilines is 1. The van der Waals surface area contributed by atoms with Crippen LogP contribution in [0.5, 0.6) is 0 Å². The number of halogens is 1. The number of nitrogens with one attached hydrogen (secondary N) is 1. The molecule has 0 heterocycles. The summed E-state index contributed by atoms with van der Waals surface area (Å²) in [6.45, 7) is 3.63. The molecule has 0 spiro atoms. The predicted octanol–water partition coefficient (Wildman–Crippen LogP) is 3.98. The van der Waals surface area contributed by atoms with Crippen LogP contribution >= 0.6 is 7.60 Å². The molecule has 0 radical (unpaired) electrons. The van der Waals surface area contributed by atoms with E-state index in [-0.39, 0.29) is 0 Å². The molecule has 1 atom stereocenters. The molecule has 0 saturated carbocycles. The van der Waals surface area contributed by atoms with Crippen LogP contribution in [0, 0.1) is 12.7 Å². The van der Waals surface area contributed by atoms with E-state index >= 15 is 0 Å². The molecule has 6 heteroatoms. The Morgan fingerprint density at radius 1 is 1.18 bits per heavy atom. The first-order valence-electron chi connectivity index (χ1n) is 6.98. The van der Waals surface area contributed by atoms with Gasteiger partial charge in [0, 0.05) is 5.69 Å². The molecule has 2 aromatic rings. The first-order chi connectivity index (χ1) is 10.3. The van der Waals surface area contributed by atoms with Crippen LogP contribution in [0.25, 0.3) is 0 Å². The minimum atomic E-state index is -4.45. The summed E-state index contributed by atoms with van der Waals surface area (Å²) in [5.41, 5.74) is 2.35. The van der Waals surface area contributed by atoms with Gasteiger partial charge in [0.2, 0.25) is 0 Å². The van der Waals surface area contributed by atoms with E-state index in [4.69, 9.17) is 0 Å². The molecular weight excluding hydrogens is 304 g/mol. The van der Waals surface area contributed by atoms with Gasteiger partial charge in [-0.3, -0.25) is 4.57 Å². The number of rotatable bonds is 5. The smallest absolute Gasteiger partial charge is 0.352 e. The summed E-state index contributed by atoms with van der Waals surface area (Å²) in [5.74, 6) is -1.63. The Bertz CT molecular complexity index is 697. The van der Waals surface area contributed by atoms with Crippen molar-refractivity contribution in [3.8, 4) is 0 Å². The molecule has 0 aliphatic heterocycles. The van der Waals surface area contributed by atoms with Crippen molar-refractivity contribution in [2.45, 2.75) is 26.1 Å². The maximum atomic E-state index is 13.6. The van der Waals surface area contributed by atoms with Crippen molar-refractivity contribution in [2.24, 2.45) is 0 Å². The summed E-state index contributed by atoms with van der Waals surface area (Å²) in [5, 5.41) is 2.74. The molecule has 0 bridgehead atoms. The van der Waals surface area contributed by atoms with Crippen LogP contribution < -0.4 is 5.32 Å². The normalized spacial score (nSPS) is 13.0. The highest BCUT2D eigenvalue weighted by Crippen LogP contribution is 2.51. The maximum absolute atomic E-state index is 13.6. The molecule has 4 nitrogen and oxygen atoms in total. The second-order valence-corrected chi connectivity index (χ2v) is 6.89. The van der Waals surface area contributed by atoms with Gasteiger partial charge < -0.3 is 15.1 Å². The van der Waals surface area contributed by atoms with Crippen molar-refractivity contribution in [3.05, 3.63) is 65.0 Å². The van der Waals surface area contributed by atoms with Gasteiger partial charge in [0.15, 0.2) is 5.78 Å². The number of aryl methyl sites for hydroxylation is 2. The molecule has 0 aliphatic rings. The molecule has 0 unspecified atom stereocenters. The van der Waals surface area contributed by atoms with Crippen LogP contribution in [0.4, 0.5) is 10.1 Å². The van der Waals surface area contributed by atoms with Crippen molar-refractivity contribution in [2.75, 3.05) is 5.32 Å². The summed E-state index contributed by atoms with van der Waals surface area (Å²) in [6.07, 6.45) is 0.845. The van der Waals surface area contributed by atoms with Gasteiger partial charge in [-0.2, -0.15) is 0 Å². The molecule has 0 saturated heterocycles. The summed E-state index contributed by atoms with van der Waals surface area (Å²) in [4.78, 5) is 19.2. The molecule has 118 valence electrons. The van der Waals surface area contributed by atoms with E-state index in [9.17, 15) is 18.7 Å². The van der Waals surface area contributed by atoms with Crippen LogP contribution in [0.3, 0.4) is 0 Å². The zero-order valence-corrected chi connectivity index (χ0v) is 13.3. The SMILES string of the molecule is CCc1ccc([C@H](Nc2ccc(C)c(F)c2)P(=O)(O)O)cc1. The molecular formula is C16H19FNO3P. The van der Waals surface area contributed by atoms with E-state index < -0.39 is 19.2 Å². The second-order valence-electron chi connectivity index (χ2n) is 5.20. The zero-order valence-electron chi connectivity index (χ0n) is 12.5. The number of hydrogen-bond acceptors (Lipinski definition) is 2. The van der Waals surface area contributed by atoms with E-state index in [1.807, 2.05) is 19.1 Å². The van der Waals surface area contributed by atoms with E-state index in [0.29, 0.717) is 16.8 Å². The predicted molar refractivity (Wildman–Crippen MR) is 85.4 cm³/mol. The van der Waals surface area contributed by atoms with Gasteiger partial charge in [-0.1, -0.05) is 37.3 Å². The lowest BCUT2D eigenvalue weighted by Gasteiger charge is -2.22. The van der Waals surface area contributed by atoms with Gasteiger partial charge in [0.05, 0.1) is 0 Å². The zero-order chi connectivity index (χ0) is 16.3. The van der Waals surface area contributed by atoms with Crippen molar-refractivity contribution >= 4 is 13.3 Å². The first-order valence-corrected chi connectivity index (χ1v) is 8.66. The van der Waals surface area contributed by atoms with Crippen LogP contribution in [0.2, 0.25) is 0 Å². The third-order valence-electron chi connectivity index (χ3n) is 3.52. The largest absolute Gasteiger partial charge is 0.368 e. The monoisotopic (exact) mass is 323 g/mol.